The number of sulfonamides is 1. The van der Waals surface area contributed by atoms with E-state index >= 15 is 0 Å². The Morgan fingerprint density at radius 1 is 0.903 bits per heavy atom. The fourth-order valence-electron chi connectivity index (χ4n) is 3.01. The highest BCUT2D eigenvalue weighted by atomic mass is 35.5. The molecule has 0 unspecified atom stereocenters. The van der Waals surface area contributed by atoms with Gasteiger partial charge in [0.15, 0.2) is 5.84 Å². The van der Waals surface area contributed by atoms with E-state index in [4.69, 9.17) is 23.2 Å². The van der Waals surface area contributed by atoms with Crippen LogP contribution in [-0.2, 0) is 14.8 Å². The summed E-state index contributed by atoms with van der Waals surface area (Å²) in [5, 5.41) is 0.146. The van der Waals surface area contributed by atoms with Crippen LogP contribution in [0.1, 0.15) is 26.3 Å². The van der Waals surface area contributed by atoms with E-state index in [1.54, 1.807) is 55.5 Å². The molecule has 0 bridgehead atoms. The molecule has 1 aliphatic rings. The fraction of sp³-hybridized carbons (Fsp3) is 0.174. The summed E-state index contributed by atoms with van der Waals surface area (Å²) in [7, 11) is -4.05. The molecule has 2 aromatic rings. The number of hydrogen-bond donors (Lipinski definition) is 0. The van der Waals surface area contributed by atoms with Gasteiger partial charge in [-0.25, -0.2) is 4.99 Å². The minimum atomic E-state index is -4.05. The molecule has 0 amide bonds. The average molecular weight is 475 g/mol. The van der Waals surface area contributed by atoms with Crippen LogP contribution in [0.5, 0.6) is 0 Å². The number of benzene rings is 2. The predicted molar refractivity (Wildman–Crippen MR) is 125 cm³/mol. The van der Waals surface area contributed by atoms with Crippen molar-refractivity contribution in [3.05, 3.63) is 87.4 Å². The molecule has 8 heteroatoms. The van der Waals surface area contributed by atoms with E-state index in [1.165, 1.54) is 12.1 Å². The summed E-state index contributed by atoms with van der Waals surface area (Å²) in [6, 6.07) is 16.6. The fourth-order valence-corrected chi connectivity index (χ4v) is 4.67. The van der Waals surface area contributed by atoms with Gasteiger partial charge in [0.05, 0.1) is 20.7 Å². The zero-order chi connectivity index (χ0) is 22.8. The number of carbonyl (C=O) groups is 1. The summed E-state index contributed by atoms with van der Waals surface area (Å²) in [5.41, 5.74) is 1.41. The molecule has 0 spiro atoms. The van der Waals surface area contributed by atoms with Crippen molar-refractivity contribution in [2.45, 2.75) is 25.7 Å². The van der Waals surface area contributed by atoms with Crippen LogP contribution >= 0.6 is 23.2 Å². The molecule has 0 heterocycles. The minimum Gasteiger partial charge on any atom is -0.288 e. The second-order valence-electron chi connectivity index (χ2n) is 7.18. The third-order valence-electron chi connectivity index (χ3n) is 4.64. The first-order valence-electron chi connectivity index (χ1n) is 9.49. The zero-order valence-electron chi connectivity index (χ0n) is 17.1. The van der Waals surface area contributed by atoms with Gasteiger partial charge >= 0.3 is 0 Å². The molecule has 160 valence electrons. The van der Waals surface area contributed by atoms with Gasteiger partial charge in [0.2, 0.25) is 5.78 Å². The quantitative estimate of drug-likeness (QED) is 0.333. The van der Waals surface area contributed by atoms with Crippen molar-refractivity contribution >= 4 is 50.6 Å². The Labute approximate surface area is 191 Å². The largest absolute Gasteiger partial charge is 0.288 e. The average Bonchev–Trinajstić information content (AvgIpc) is 2.76. The predicted octanol–water partition coefficient (Wildman–Crippen LogP) is 5.51. The van der Waals surface area contributed by atoms with E-state index in [2.05, 4.69) is 9.39 Å². The van der Waals surface area contributed by atoms with E-state index in [1.807, 2.05) is 13.8 Å². The van der Waals surface area contributed by atoms with E-state index < -0.39 is 10.0 Å². The topological polar surface area (TPSA) is 75.9 Å². The highest BCUT2D eigenvalue weighted by Crippen LogP contribution is 2.34. The summed E-state index contributed by atoms with van der Waals surface area (Å²) in [5.74, 6) is -0.605. The standard InChI is InChI=1S/C23H20Cl2N2O3S/c1-14(2)18-20(25)22(28)15(3)19(24)21(18)26-23(16-10-6-4-7-11-16)27-31(29,30)17-12-8-5-9-13-17/h4-14H,1-3H3. The molecule has 0 fully saturated rings. The van der Waals surface area contributed by atoms with Crippen LogP contribution in [0.3, 0.4) is 0 Å². The Hall–Kier alpha value is -2.54. The normalized spacial score (nSPS) is 17.2. The number of ketones is 1. The number of aliphatic imine (C=N–C) groups is 1. The lowest BCUT2D eigenvalue weighted by Crippen LogP contribution is -2.23. The van der Waals surface area contributed by atoms with Gasteiger partial charge in [-0.05, 0) is 25.0 Å². The Morgan fingerprint density at radius 3 is 2.00 bits per heavy atom. The van der Waals surface area contributed by atoms with E-state index in [9.17, 15) is 13.2 Å². The molecule has 0 saturated heterocycles. The lowest BCUT2D eigenvalue weighted by molar-refractivity contribution is -0.111. The smallest absolute Gasteiger partial charge is 0.284 e. The number of allylic oxidation sites excluding steroid dienone is 4. The minimum absolute atomic E-state index is 0.0222. The molecule has 0 N–H and O–H groups in total. The maximum Gasteiger partial charge on any atom is 0.284 e. The van der Waals surface area contributed by atoms with Crippen molar-refractivity contribution in [2.24, 2.45) is 15.3 Å². The number of rotatable bonds is 4. The van der Waals surface area contributed by atoms with E-state index in [0.717, 1.165) is 0 Å². The molecule has 5 nitrogen and oxygen atoms in total. The van der Waals surface area contributed by atoms with Gasteiger partial charge in [-0.15, -0.1) is 4.40 Å². The molecule has 0 radical (unpaired) electrons. The van der Waals surface area contributed by atoms with Crippen LogP contribution in [0.2, 0.25) is 0 Å². The highest BCUT2D eigenvalue weighted by Gasteiger charge is 2.31. The first-order chi connectivity index (χ1) is 14.6. The van der Waals surface area contributed by atoms with Gasteiger partial charge < -0.3 is 0 Å². The van der Waals surface area contributed by atoms with Crippen molar-refractivity contribution in [1.29, 1.82) is 0 Å². The molecular formula is C23H20Cl2N2O3S. The summed E-state index contributed by atoms with van der Waals surface area (Å²) in [6.45, 7) is 5.26. The SMILES string of the molecule is CC1=C(Cl)C(=NC(=NS(=O)(=O)c2ccccc2)c2ccccc2)C(C(C)C)=C(Cl)C1=O. The monoisotopic (exact) mass is 474 g/mol. The van der Waals surface area contributed by atoms with Crippen molar-refractivity contribution in [2.75, 3.05) is 0 Å². The third kappa shape index (κ3) is 4.87. The number of amidine groups is 1. The first-order valence-corrected chi connectivity index (χ1v) is 11.7. The van der Waals surface area contributed by atoms with Gasteiger partial charge in [0.1, 0.15) is 0 Å². The number of halogens is 2. The number of carbonyl (C=O) groups excluding carboxylic acids is 1. The molecule has 0 saturated carbocycles. The lowest BCUT2D eigenvalue weighted by atomic mass is 9.89. The molecule has 0 aliphatic heterocycles. The molecule has 0 aromatic heterocycles. The van der Waals surface area contributed by atoms with Crippen LogP contribution in [0.15, 0.2) is 96.2 Å². The maximum atomic E-state index is 12.9. The number of hydrogen-bond acceptors (Lipinski definition) is 3. The van der Waals surface area contributed by atoms with Gasteiger partial charge in [-0.1, -0.05) is 85.6 Å². The van der Waals surface area contributed by atoms with Crippen LogP contribution in [0.4, 0.5) is 0 Å². The van der Waals surface area contributed by atoms with Crippen molar-refractivity contribution in [3.8, 4) is 0 Å². The van der Waals surface area contributed by atoms with Gasteiger partial charge in [0.25, 0.3) is 10.0 Å². The van der Waals surface area contributed by atoms with Crippen molar-refractivity contribution < 1.29 is 13.2 Å². The Balaban J connectivity index is 2.29. The number of Topliss-reactive ketones (excluding diaryl/α,β-unsaturated/α-hetero) is 1. The summed E-state index contributed by atoms with van der Waals surface area (Å²) in [6.07, 6.45) is 0. The van der Waals surface area contributed by atoms with Gasteiger partial charge in [-0.3, -0.25) is 4.79 Å². The molecule has 2 aromatic carbocycles. The van der Waals surface area contributed by atoms with Crippen LogP contribution in [0, 0.1) is 5.92 Å². The van der Waals surface area contributed by atoms with Crippen molar-refractivity contribution in [3.63, 3.8) is 0 Å². The highest BCUT2D eigenvalue weighted by molar-refractivity contribution is 7.90. The Bertz CT molecular complexity index is 1240. The summed E-state index contributed by atoms with van der Waals surface area (Å²) < 4.78 is 29.9. The molecular weight excluding hydrogens is 455 g/mol. The molecule has 0 atom stereocenters. The lowest BCUT2D eigenvalue weighted by Gasteiger charge is -2.22. The summed E-state index contributed by atoms with van der Waals surface area (Å²) in [4.78, 5) is 17.0. The van der Waals surface area contributed by atoms with Gasteiger partial charge in [-0.2, -0.15) is 8.42 Å². The van der Waals surface area contributed by atoms with Crippen LogP contribution in [0.25, 0.3) is 0 Å². The Kier molecular flexibility index (Phi) is 6.94. The first kappa shape index (κ1) is 23.1. The van der Waals surface area contributed by atoms with Crippen LogP contribution < -0.4 is 0 Å². The second-order valence-corrected chi connectivity index (χ2v) is 9.54. The number of nitrogens with zero attached hydrogens (tertiary/aromatic N) is 2. The summed E-state index contributed by atoms with van der Waals surface area (Å²) >= 11 is 12.8. The molecule has 31 heavy (non-hydrogen) atoms. The van der Waals surface area contributed by atoms with Gasteiger partial charge in [0, 0.05) is 16.7 Å². The maximum absolute atomic E-state index is 12.9. The molecule has 3 rings (SSSR count). The Morgan fingerprint density at radius 2 is 1.45 bits per heavy atom. The van der Waals surface area contributed by atoms with E-state index in [0.29, 0.717) is 11.1 Å². The third-order valence-corrected chi connectivity index (χ3v) is 6.76. The van der Waals surface area contributed by atoms with Crippen molar-refractivity contribution in [1.82, 2.24) is 0 Å². The molecule has 1 aliphatic carbocycles. The zero-order valence-corrected chi connectivity index (χ0v) is 19.5. The van der Waals surface area contributed by atoms with Crippen LogP contribution in [-0.4, -0.2) is 25.7 Å². The van der Waals surface area contributed by atoms with E-state index in [-0.39, 0.29) is 43.8 Å². The second kappa shape index (κ2) is 9.30.